The van der Waals surface area contributed by atoms with Crippen molar-refractivity contribution in [2.45, 2.75) is 9.79 Å². The van der Waals surface area contributed by atoms with Crippen LogP contribution in [0.1, 0.15) is 0 Å². The molecule has 0 heterocycles. The van der Waals surface area contributed by atoms with Gasteiger partial charge in [0.2, 0.25) is 0 Å². The minimum atomic E-state index is -5.33. The van der Waals surface area contributed by atoms with E-state index in [4.69, 9.17) is 11.6 Å². The molecule has 0 aliphatic rings. The van der Waals surface area contributed by atoms with Crippen LogP contribution >= 0.6 is 11.6 Å². The summed E-state index contributed by atoms with van der Waals surface area (Å²) in [5, 5.41) is 30.6. The van der Waals surface area contributed by atoms with Crippen molar-refractivity contribution in [3.8, 4) is 11.5 Å². The zero-order chi connectivity index (χ0) is 21.6. The van der Waals surface area contributed by atoms with Crippen LogP contribution in [0.3, 0.4) is 0 Å². The summed E-state index contributed by atoms with van der Waals surface area (Å²) >= 11 is 5.76. The fourth-order valence-corrected chi connectivity index (χ4v) is 3.99. The van der Waals surface area contributed by atoms with Gasteiger partial charge in [0.1, 0.15) is 20.2 Å². The second kappa shape index (κ2) is 13.1. The molecular weight excluding hydrogens is 562 g/mol. The maximum absolute atomic E-state index is 12.2. The van der Waals surface area contributed by atoms with Gasteiger partial charge in [-0.25, -0.2) is 16.8 Å². The molecule has 0 aromatic heterocycles. The Morgan fingerprint density at radius 3 is 1.91 bits per heavy atom. The van der Waals surface area contributed by atoms with Gasteiger partial charge in [0.15, 0.2) is 0 Å². The van der Waals surface area contributed by atoms with Crippen LogP contribution in [-0.4, -0.2) is 31.4 Å². The maximum atomic E-state index is 12.2. The van der Waals surface area contributed by atoms with Gasteiger partial charge in [0.25, 0.3) is 0 Å². The van der Waals surface area contributed by atoms with E-state index in [-0.39, 0.29) is 98.0 Å². The molecule has 1 N–H and O–H groups in total. The summed E-state index contributed by atoms with van der Waals surface area (Å²) < 4.78 is 68.9. The van der Waals surface area contributed by atoms with E-state index in [9.17, 15) is 36.2 Å². The molecule has 11 nitrogen and oxygen atoms in total. The molecule has 0 saturated carbocycles. The van der Waals surface area contributed by atoms with Crippen molar-refractivity contribution in [2.75, 3.05) is 0 Å². The van der Waals surface area contributed by atoms with Gasteiger partial charge >= 0.3 is 76.5 Å². The molecule has 3 rings (SSSR count). The molecule has 0 fully saturated rings. The number of azo groups is 1. The first-order chi connectivity index (χ1) is 13.4. The number of hydrogen-bond acceptors (Lipinski definition) is 11. The topological polar surface area (TPSA) is 215 Å². The summed E-state index contributed by atoms with van der Waals surface area (Å²) in [4.78, 5) is -2.11. The first-order valence-corrected chi connectivity index (χ1v) is 10.7. The van der Waals surface area contributed by atoms with Crippen molar-refractivity contribution in [3.05, 3.63) is 47.5 Å². The molecule has 0 atom stereocenters. The van der Waals surface area contributed by atoms with Crippen LogP contribution in [0.5, 0.6) is 11.5 Å². The van der Waals surface area contributed by atoms with Crippen LogP contribution in [0.25, 0.3) is 10.8 Å². The van der Waals surface area contributed by atoms with E-state index < -0.39 is 52.6 Å². The van der Waals surface area contributed by atoms with Crippen LogP contribution < -0.4 is 69.3 Å². The first-order valence-electron chi connectivity index (χ1n) is 7.46. The Morgan fingerprint density at radius 2 is 1.36 bits per heavy atom. The Kier molecular flexibility index (Phi) is 13.9. The second-order valence-corrected chi connectivity index (χ2v) is 8.82. The van der Waals surface area contributed by atoms with E-state index in [2.05, 4.69) is 10.2 Å². The van der Waals surface area contributed by atoms with Gasteiger partial charge in [-0.1, -0.05) is 41.3 Å². The van der Waals surface area contributed by atoms with E-state index in [1.165, 1.54) is 6.07 Å². The van der Waals surface area contributed by atoms with E-state index in [0.717, 1.165) is 30.3 Å². The minimum Gasteiger partial charge on any atom is -0.871 e. The van der Waals surface area contributed by atoms with E-state index in [1.54, 1.807) is 0 Å². The summed E-state index contributed by atoms with van der Waals surface area (Å²) in [5.74, 6) is -1.46. The van der Waals surface area contributed by atoms with Gasteiger partial charge < -0.3 is 24.8 Å². The third-order valence-corrected chi connectivity index (χ3v) is 5.64. The van der Waals surface area contributed by atoms with Crippen molar-refractivity contribution in [3.63, 3.8) is 0 Å². The molecule has 163 valence electrons. The summed E-state index contributed by atoms with van der Waals surface area (Å²) in [6.07, 6.45) is 0. The average molecular weight is 570 g/mol. The third kappa shape index (κ3) is 8.13. The Labute approximate surface area is 248 Å². The summed E-state index contributed by atoms with van der Waals surface area (Å²) in [7, 11) is -10.4. The normalized spacial score (nSPS) is 11.1. The molecule has 17 heteroatoms. The Hall–Kier alpha value is -0.278. The number of hydrogen-bond donors (Lipinski definition) is 0. The maximum Gasteiger partial charge on any atom is 3.00 e. The molecule has 0 spiro atoms. The largest absolute Gasteiger partial charge is 3.00 e. The number of benzene rings is 3. The minimum absolute atomic E-state index is 0. The predicted molar refractivity (Wildman–Crippen MR) is 96.3 cm³/mol. The van der Waals surface area contributed by atoms with Crippen molar-refractivity contribution in [2.24, 2.45) is 10.2 Å². The number of halogens is 1. The van der Waals surface area contributed by atoms with Crippen LogP contribution in [0, 0.1) is 0 Å². The quantitative estimate of drug-likeness (QED) is 0.168. The van der Waals surface area contributed by atoms with Crippen molar-refractivity contribution < 1.29 is 118 Å². The Bertz CT molecular complexity index is 1400. The molecule has 3 aromatic rings. The van der Waals surface area contributed by atoms with Crippen molar-refractivity contribution in [1.82, 2.24) is 0 Å². The number of fused-ring (bicyclic) bond motifs is 1. The fourth-order valence-electron chi connectivity index (χ4n) is 2.48. The summed E-state index contributed by atoms with van der Waals surface area (Å²) in [5.41, 5.74) is -0.898. The molecule has 0 unspecified atom stereocenters. The van der Waals surface area contributed by atoms with Gasteiger partial charge in [-0.05, 0) is 29.7 Å². The van der Waals surface area contributed by atoms with Crippen LogP contribution in [0.4, 0.5) is 11.4 Å². The molecule has 0 bridgehead atoms. The van der Waals surface area contributed by atoms with E-state index >= 15 is 0 Å². The molecule has 33 heavy (non-hydrogen) atoms. The van der Waals surface area contributed by atoms with Crippen LogP contribution in [-0.2, 0) is 37.6 Å². The summed E-state index contributed by atoms with van der Waals surface area (Å²) in [6, 6.07) is 6.63. The van der Waals surface area contributed by atoms with Gasteiger partial charge in [-0.3, -0.25) is 0 Å². The third-order valence-electron chi connectivity index (χ3n) is 3.73. The van der Waals surface area contributed by atoms with Crippen molar-refractivity contribution >= 4 is 54.0 Å². The van der Waals surface area contributed by atoms with Crippen LogP contribution in [0.2, 0.25) is 5.02 Å². The fraction of sp³-hybridized carbons (Fsp3) is 0. The van der Waals surface area contributed by atoms with Gasteiger partial charge in [0, 0.05) is 10.4 Å². The molecule has 0 saturated heterocycles. The van der Waals surface area contributed by atoms with Gasteiger partial charge in [-0.2, -0.15) is 10.2 Å². The number of nitrogens with zero attached hydrogens (tertiary/aromatic N) is 2. The zero-order valence-electron chi connectivity index (χ0n) is 16.8. The summed E-state index contributed by atoms with van der Waals surface area (Å²) in [6.45, 7) is 0. The molecule has 3 aromatic carbocycles. The molecule has 1 radical (unpaired) electrons. The molecular formula is C16H8ClCrN2Na2O9S2. The standard InChI is InChI=1S/C16H11ClN2O8S2.Cr.2Na.H2O/c17-9-2-4-12(20)11(6-9)18-19-16-13(21)3-1-8-5-10(28(22,23)24)7-14(15(8)16)29(25,26)27;;;;/h1-7,20-21H,(H,22,23,24)(H,25,26,27);;;;1H2/q;+3;2*+1;/p-5. The average Bonchev–Trinajstić information content (AvgIpc) is 2.61. The van der Waals surface area contributed by atoms with E-state index in [0.29, 0.717) is 6.07 Å². The number of rotatable bonds is 4. The zero-order valence-corrected chi connectivity index (χ0v) is 24.4. The first kappa shape index (κ1) is 34.9. The predicted octanol–water partition coefficient (Wildman–Crippen LogP) is -4.31. The van der Waals surface area contributed by atoms with Gasteiger partial charge in [0.05, 0.1) is 21.2 Å². The van der Waals surface area contributed by atoms with Crippen LogP contribution in [0.15, 0.2) is 62.5 Å². The molecule has 0 aliphatic heterocycles. The van der Waals surface area contributed by atoms with E-state index in [1.807, 2.05) is 0 Å². The Morgan fingerprint density at radius 1 is 0.788 bits per heavy atom. The molecule has 0 aliphatic carbocycles. The SMILES string of the molecule is O=S(=O)([O-])c1cc(S(=O)(=O)[O-])c2c(N=Nc3cc(Cl)ccc3[O-])c([O-])ccc2c1.[Cr+3].[Na+].[Na+].[OH-]. The monoisotopic (exact) mass is 569 g/mol. The van der Waals surface area contributed by atoms with Crippen molar-refractivity contribution in [1.29, 1.82) is 0 Å². The van der Waals surface area contributed by atoms with Gasteiger partial charge in [-0.15, -0.1) is 0 Å². The Balaban J connectivity index is 0. The second-order valence-electron chi connectivity index (χ2n) is 5.65. The molecule has 0 amide bonds. The smallest absolute Gasteiger partial charge is 0.871 e.